The number of benzene rings is 2. The largest absolute Gasteiger partial charge is 0.397 e. The van der Waals surface area contributed by atoms with Crippen molar-refractivity contribution >= 4 is 39.2 Å². The third-order valence-corrected chi connectivity index (χ3v) is 4.02. The second-order valence-corrected chi connectivity index (χ2v) is 5.58. The zero-order chi connectivity index (χ0) is 16.8. The summed E-state index contributed by atoms with van der Waals surface area (Å²) in [6, 6.07) is 11.8. The van der Waals surface area contributed by atoms with Crippen LogP contribution in [0, 0.1) is 11.3 Å². The van der Waals surface area contributed by atoms with Crippen molar-refractivity contribution in [3.8, 4) is 11.8 Å². The lowest BCUT2D eigenvalue weighted by Gasteiger charge is -2.13. The van der Waals surface area contributed by atoms with Gasteiger partial charge in [0.05, 0.1) is 16.9 Å². The minimum absolute atomic E-state index is 0.122. The molecule has 0 aliphatic carbocycles. The van der Waals surface area contributed by atoms with E-state index in [1.165, 1.54) is 4.57 Å². The molecule has 0 aliphatic heterocycles. The molecule has 0 atom stereocenters. The first-order valence-electron chi connectivity index (χ1n) is 6.86. The van der Waals surface area contributed by atoms with Gasteiger partial charge in [0.15, 0.2) is 0 Å². The van der Waals surface area contributed by atoms with Crippen molar-refractivity contribution < 1.29 is 4.63 Å². The summed E-state index contributed by atoms with van der Waals surface area (Å²) in [6.07, 6.45) is 0. The quantitative estimate of drug-likeness (QED) is 0.571. The van der Waals surface area contributed by atoms with Crippen LogP contribution in [0.15, 0.2) is 45.8 Å². The van der Waals surface area contributed by atoms with E-state index in [9.17, 15) is 10.1 Å². The number of hydrogen-bond donors (Lipinski definition) is 1. The molecule has 0 saturated heterocycles. The Kier molecular flexibility index (Phi) is 3.01. The highest BCUT2D eigenvalue weighted by Crippen LogP contribution is 2.27. The second-order valence-electron chi connectivity index (χ2n) is 5.14. The number of nitrogen functional groups attached to an aromatic ring is 1. The summed E-state index contributed by atoms with van der Waals surface area (Å²) in [5, 5.41) is 17.8. The van der Waals surface area contributed by atoms with E-state index in [2.05, 4.69) is 14.9 Å². The van der Waals surface area contributed by atoms with Crippen LogP contribution in [0.1, 0.15) is 5.56 Å². The van der Waals surface area contributed by atoms with Crippen LogP contribution >= 0.6 is 11.6 Å². The van der Waals surface area contributed by atoms with Crippen molar-refractivity contribution in [1.82, 2.24) is 14.9 Å². The van der Waals surface area contributed by atoms with Crippen LogP contribution in [0.4, 0.5) is 5.69 Å². The molecule has 0 fully saturated rings. The molecule has 0 amide bonds. The van der Waals surface area contributed by atoms with E-state index in [0.717, 1.165) is 0 Å². The van der Waals surface area contributed by atoms with Gasteiger partial charge in [0, 0.05) is 10.4 Å². The van der Waals surface area contributed by atoms with Gasteiger partial charge in [0.1, 0.15) is 22.7 Å². The molecule has 116 valence electrons. The number of pyridine rings is 1. The average Bonchev–Trinajstić information content (AvgIpc) is 3.03. The van der Waals surface area contributed by atoms with Crippen LogP contribution in [0.5, 0.6) is 0 Å². The number of nitriles is 1. The highest BCUT2D eigenvalue weighted by atomic mass is 35.5. The van der Waals surface area contributed by atoms with E-state index in [1.807, 2.05) is 6.07 Å². The molecule has 2 N–H and O–H groups in total. The molecule has 2 aromatic heterocycles. The van der Waals surface area contributed by atoms with E-state index in [4.69, 9.17) is 17.3 Å². The number of fused-ring (bicyclic) bond motifs is 2. The molecule has 2 aromatic carbocycles. The molecule has 0 unspecified atom stereocenters. The van der Waals surface area contributed by atoms with E-state index < -0.39 is 5.56 Å². The molecule has 0 bridgehead atoms. The van der Waals surface area contributed by atoms with Gasteiger partial charge in [0.2, 0.25) is 0 Å². The van der Waals surface area contributed by atoms with E-state index in [0.29, 0.717) is 32.6 Å². The summed E-state index contributed by atoms with van der Waals surface area (Å²) < 4.78 is 6.06. The Morgan fingerprint density at radius 3 is 2.75 bits per heavy atom. The van der Waals surface area contributed by atoms with Gasteiger partial charge in [-0.3, -0.25) is 9.36 Å². The SMILES string of the molecule is N#Cc1c(N)c2ccc(Cl)cc2n(-c2ccc3nonc3c2)c1=O. The fourth-order valence-corrected chi connectivity index (χ4v) is 2.83. The molecule has 4 aromatic rings. The predicted molar refractivity (Wildman–Crippen MR) is 89.0 cm³/mol. The molecule has 0 spiro atoms. The maximum atomic E-state index is 12.8. The molecule has 4 rings (SSSR count). The van der Waals surface area contributed by atoms with Crippen molar-refractivity contribution in [2.24, 2.45) is 0 Å². The van der Waals surface area contributed by atoms with Crippen molar-refractivity contribution in [2.75, 3.05) is 5.73 Å². The molecule has 24 heavy (non-hydrogen) atoms. The summed E-state index contributed by atoms with van der Waals surface area (Å²) in [5.74, 6) is 0. The molecule has 0 radical (unpaired) electrons. The maximum absolute atomic E-state index is 12.8. The fraction of sp³-hybridized carbons (Fsp3) is 0. The number of rotatable bonds is 1. The third kappa shape index (κ3) is 1.94. The van der Waals surface area contributed by atoms with Crippen LogP contribution in [0.3, 0.4) is 0 Å². The van der Waals surface area contributed by atoms with Gasteiger partial charge in [-0.1, -0.05) is 11.6 Å². The molecule has 2 heterocycles. The lowest BCUT2D eigenvalue weighted by Crippen LogP contribution is -2.23. The third-order valence-electron chi connectivity index (χ3n) is 3.78. The number of nitrogens with two attached hydrogens (primary N) is 1. The Hall–Kier alpha value is -3.37. The van der Waals surface area contributed by atoms with Crippen LogP contribution in [0.25, 0.3) is 27.6 Å². The lowest BCUT2D eigenvalue weighted by molar-refractivity contribution is 0.315. The molecular formula is C16H8ClN5O2. The summed E-state index contributed by atoms with van der Waals surface area (Å²) in [4.78, 5) is 12.8. The average molecular weight is 338 g/mol. The van der Waals surface area contributed by atoms with Gasteiger partial charge in [-0.2, -0.15) is 5.26 Å². The normalized spacial score (nSPS) is 11.0. The zero-order valence-corrected chi connectivity index (χ0v) is 12.8. The van der Waals surface area contributed by atoms with Gasteiger partial charge in [0.25, 0.3) is 5.56 Å². The van der Waals surface area contributed by atoms with E-state index in [1.54, 1.807) is 36.4 Å². The lowest BCUT2D eigenvalue weighted by atomic mass is 10.1. The molecule has 0 saturated carbocycles. The molecule has 7 nitrogen and oxygen atoms in total. The Morgan fingerprint density at radius 2 is 1.96 bits per heavy atom. The second kappa shape index (κ2) is 5.08. The van der Waals surface area contributed by atoms with Crippen LogP contribution in [0.2, 0.25) is 5.02 Å². The van der Waals surface area contributed by atoms with Crippen LogP contribution in [-0.4, -0.2) is 14.9 Å². The number of aromatic nitrogens is 3. The first-order valence-corrected chi connectivity index (χ1v) is 7.24. The van der Waals surface area contributed by atoms with E-state index >= 15 is 0 Å². The smallest absolute Gasteiger partial charge is 0.275 e. The zero-order valence-electron chi connectivity index (χ0n) is 12.0. The van der Waals surface area contributed by atoms with Gasteiger partial charge < -0.3 is 5.73 Å². The molecule has 8 heteroatoms. The number of hydrogen-bond acceptors (Lipinski definition) is 6. The summed E-state index contributed by atoms with van der Waals surface area (Å²) in [6.45, 7) is 0. The molecule has 0 aliphatic rings. The molecular weight excluding hydrogens is 330 g/mol. The van der Waals surface area contributed by atoms with Crippen molar-refractivity contribution in [3.05, 3.63) is 57.3 Å². The minimum atomic E-state index is -0.527. The monoisotopic (exact) mass is 337 g/mol. The standard InChI is InChI=1S/C16H8ClN5O2/c17-8-1-3-10-14(5-8)22(16(23)11(7-18)15(10)19)9-2-4-12-13(6-9)21-24-20-12/h1-6H,19H2. The Morgan fingerprint density at radius 1 is 1.17 bits per heavy atom. The highest BCUT2D eigenvalue weighted by molar-refractivity contribution is 6.31. The maximum Gasteiger partial charge on any atom is 0.275 e. The Bertz CT molecular complexity index is 1220. The highest BCUT2D eigenvalue weighted by Gasteiger charge is 2.17. The van der Waals surface area contributed by atoms with Crippen LogP contribution in [-0.2, 0) is 0 Å². The summed E-state index contributed by atoms with van der Waals surface area (Å²) >= 11 is 6.08. The summed E-state index contributed by atoms with van der Waals surface area (Å²) in [5.41, 5.74) is 7.53. The number of halogens is 1. The first-order chi connectivity index (χ1) is 11.6. The first kappa shape index (κ1) is 14.2. The van der Waals surface area contributed by atoms with Gasteiger partial charge in [-0.05, 0) is 46.7 Å². The summed E-state index contributed by atoms with van der Waals surface area (Å²) in [7, 11) is 0. The fourth-order valence-electron chi connectivity index (χ4n) is 2.66. The van der Waals surface area contributed by atoms with Gasteiger partial charge in [-0.15, -0.1) is 0 Å². The van der Waals surface area contributed by atoms with Gasteiger partial charge in [-0.25, -0.2) is 4.63 Å². The van der Waals surface area contributed by atoms with Crippen LogP contribution < -0.4 is 11.3 Å². The van der Waals surface area contributed by atoms with Crippen molar-refractivity contribution in [2.45, 2.75) is 0 Å². The Balaban J connectivity index is 2.19. The van der Waals surface area contributed by atoms with Crippen molar-refractivity contribution in [1.29, 1.82) is 5.26 Å². The topological polar surface area (TPSA) is 111 Å². The van der Waals surface area contributed by atoms with Crippen molar-refractivity contribution in [3.63, 3.8) is 0 Å². The number of nitrogens with zero attached hydrogens (tertiary/aromatic N) is 4. The Labute approximate surface area is 139 Å². The number of anilines is 1. The van der Waals surface area contributed by atoms with Gasteiger partial charge >= 0.3 is 0 Å². The minimum Gasteiger partial charge on any atom is -0.397 e. The predicted octanol–water partition coefficient (Wildman–Crippen LogP) is 2.63. The van der Waals surface area contributed by atoms with E-state index in [-0.39, 0.29) is 11.3 Å².